The summed E-state index contributed by atoms with van der Waals surface area (Å²) in [5.41, 5.74) is 0.537. The highest BCUT2D eigenvalue weighted by Gasteiger charge is 2.31. The number of fused-ring (bicyclic) bond motifs is 1. The van der Waals surface area contributed by atoms with E-state index in [-0.39, 0.29) is 11.7 Å². The van der Waals surface area contributed by atoms with Gasteiger partial charge in [0.15, 0.2) is 5.13 Å². The molecule has 154 valence electrons. The summed E-state index contributed by atoms with van der Waals surface area (Å²) in [5, 5.41) is 0.492. The lowest BCUT2D eigenvalue weighted by molar-refractivity contribution is -0.274. The molecule has 6 nitrogen and oxygen atoms in total. The number of benzene rings is 1. The molecule has 1 aromatic heterocycles. The third-order valence-electron chi connectivity index (χ3n) is 4.32. The van der Waals surface area contributed by atoms with Gasteiger partial charge in [0.2, 0.25) is 5.91 Å². The maximum Gasteiger partial charge on any atom is 0.573 e. The summed E-state index contributed by atoms with van der Waals surface area (Å²) in [6.45, 7) is 6.07. The number of morpholine rings is 1. The average Bonchev–Trinajstić information content (AvgIpc) is 3.04. The van der Waals surface area contributed by atoms with E-state index in [9.17, 15) is 18.0 Å². The van der Waals surface area contributed by atoms with Crippen LogP contribution in [-0.2, 0) is 9.53 Å². The molecule has 1 amide bonds. The van der Waals surface area contributed by atoms with E-state index >= 15 is 0 Å². The van der Waals surface area contributed by atoms with Crippen LogP contribution in [0.4, 0.5) is 18.3 Å². The van der Waals surface area contributed by atoms with Crippen LogP contribution in [0.25, 0.3) is 10.2 Å². The number of ether oxygens (including phenoxy) is 2. The SMILES string of the molecule is CCCC(=O)N(CCN1CCOCC1)c1nc2ccc(OC(F)(F)F)cc2s1. The van der Waals surface area contributed by atoms with Crippen LogP contribution in [0, 0.1) is 0 Å². The zero-order valence-corrected chi connectivity index (χ0v) is 16.3. The van der Waals surface area contributed by atoms with Gasteiger partial charge >= 0.3 is 6.36 Å². The van der Waals surface area contributed by atoms with Crippen LogP contribution in [-0.4, -0.2) is 61.5 Å². The van der Waals surface area contributed by atoms with Crippen molar-refractivity contribution >= 4 is 32.6 Å². The van der Waals surface area contributed by atoms with Gasteiger partial charge in [-0.15, -0.1) is 13.2 Å². The lowest BCUT2D eigenvalue weighted by Gasteiger charge is -2.29. The van der Waals surface area contributed by atoms with Gasteiger partial charge in [-0.2, -0.15) is 0 Å². The Balaban J connectivity index is 1.79. The third-order valence-corrected chi connectivity index (χ3v) is 5.36. The lowest BCUT2D eigenvalue weighted by atomic mass is 10.3. The molecular weight excluding hydrogens is 395 g/mol. The minimum absolute atomic E-state index is 0.0402. The van der Waals surface area contributed by atoms with Crippen molar-refractivity contribution in [3.8, 4) is 5.75 Å². The first-order chi connectivity index (χ1) is 13.4. The van der Waals surface area contributed by atoms with Crippen molar-refractivity contribution in [1.29, 1.82) is 0 Å². The Bertz CT molecular complexity index is 806. The van der Waals surface area contributed by atoms with Crippen LogP contribution in [0.2, 0.25) is 0 Å². The van der Waals surface area contributed by atoms with Crippen molar-refractivity contribution in [1.82, 2.24) is 9.88 Å². The molecule has 0 unspecified atom stereocenters. The van der Waals surface area contributed by atoms with Gasteiger partial charge < -0.3 is 9.47 Å². The minimum Gasteiger partial charge on any atom is -0.406 e. The lowest BCUT2D eigenvalue weighted by Crippen LogP contribution is -2.43. The number of aromatic nitrogens is 1. The topological polar surface area (TPSA) is 54.9 Å². The predicted molar refractivity (Wildman–Crippen MR) is 101 cm³/mol. The van der Waals surface area contributed by atoms with Gasteiger partial charge in [-0.25, -0.2) is 4.98 Å². The summed E-state index contributed by atoms with van der Waals surface area (Å²) in [7, 11) is 0. The van der Waals surface area contributed by atoms with Crippen LogP contribution in [0.1, 0.15) is 19.8 Å². The molecule has 2 heterocycles. The summed E-state index contributed by atoms with van der Waals surface area (Å²) in [6.07, 6.45) is -3.65. The number of hydrogen-bond donors (Lipinski definition) is 0. The fraction of sp³-hybridized carbons (Fsp3) is 0.556. The molecule has 1 fully saturated rings. The number of thiazole rings is 1. The van der Waals surface area contributed by atoms with Gasteiger partial charge in [0.1, 0.15) is 5.75 Å². The molecule has 0 atom stereocenters. The highest BCUT2D eigenvalue weighted by atomic mass is 32.1. The van der Waals surface area contributed by atoms with Crippen LogP contribution in [0.3, 0.4) is 0 Å². The number of rotatable bonds is 7. The summed E-state index contributed by atoms with van der Waals surface area (Å²) in [4.78, 5) is 20.9. The number of amides is 1. The summed E-state index contributed by atoms with van der Waals surface area (Å²) in [6, 6.07) is 4.00. The van der Waals surface area contributed by atoms with E-state index in [0.717, 1.165) is 13.1 Å². The van der Waals surface area contributed by atoms with Crippen molar-refractivity contribution in [2.24, 2.45) is 0 Å². The number of alkyl halides is 3. The van der Waals surface area contributed by atoms with E-state index in [2.05, 4.69) is 14.6 Å². The van der Waals surface area contributed by atoms with Gasteiger partial charge in [0.05, 0.1) is 23.4 Å². The molecule has 1 aliphatic heterocycles. The Morgan fingerprint density at radius 3 is 2.79 bits per heavy atom. The molecule has 0 bridgehead atoms. The van der Waals surface area contributed by atoms with Crippen molar-refractivity contribution in [3.63, 3.8) is 0 Å². The van der Waals surface area contributed by atoms with E-state index < -0.39 is 6.36 Å². The summed E-state index contributed by atoms with van der Waals surface area (Å²) < 4.78 is 47.2. The van der Waals surface area contributed by atoms with Crippen LogP contribution < -0.4 is 9.64 Å². The number of carbonyl (C=O) groups excluding carboxylic acids is 1. The van der Waals surface area contributed by atoms with Crippen LogP contribution in [0.5, 0.6) is 5.75 Å². The van der Waals surface area contributed by atoms with Gasteiger partial charge in [-0.3, -0.25) is 14.6 Å². The van der Waals surface area contributed by atoms with Gasteiger partial charge in [0.25, 0.3) is 0 Å². The maximum absolute atomic E-state index is 12.6. The molecule has 0 radical (unpaired) electrons. The Labute approximate surface area is 164 Å². The van der Waals surface area contributed by atoms with E-state index in [1.807, 2.05) is 6.92 Å². The van der Waals surface area contributed by atoms with Crippen molar-refractivity contribution in [2.75, 3.05) is 44.3 Å². The number of anilines is 1. The monoisotopic (exact) mass is 417 g/mol. The minimum atomic E-state index is -4.75. The number of hydrogen-bond acceptors (Lipinski definition) is 6. The van der Waals surface area contributed by atoms with E-state index in [1.54, 1.807) is 4.90 Å². The molecule has 0 spiro atoms. The van der Waals surface area contributed by atoms with E-state index in [4.69, 9.17) is 4.74 Å². The second kappa shape index (κ2) is 9.06. The fourth-order valence-corrected chi connectivity index (χ4v) is 3.98. The Morgan fingerprint density at radius 1 is 1.36 bits per heavy atom. The van der Waals surface area contributed by atoms with Gasteiger partial charge in [-0.1, -0.05) is 18.3 Å². The number of nitrogens with zero attached hydrogens (tertiary/aromatic N) is 3. The second-order valence-electron chi connectivity index (χ2n) is 6.42. The first-order valence-corrected chi connectivity index (χ1v) is 9.94. The highest BCUT2D eigenvalue weighted by molar-refractivity contribution is 7.22. The molecule has 0 saturated carbocycles. The van der Waals surface area contributed by atoms with Gasteiger partial charge in [-0.05, 0) is 18.6 Å². The van der Waals surface area contributed by atoms with Crippen molar-refractivity contribution < 1.29 is 27.4 Å². The molecule has 0 aliphatic carbocycles. The Hall–Kier alpha value is -1.91. The fourth-order valence-electron chi connectivity index (χ4n) is 2.95. The second-order valence-corrected chi connectivity index (χ2v) is 7.43. The Morgan fingerprint density at radius 2 is 2.11 bits per heavy atom. The molecule has 2 aromatic rings. The molecule has 1 aliphatic rings. The Kier molecular flexibility index (Phi) is 6.73. The van der Waals surface area contributed by atoms with Crippen molar-refractivity contribution in [3.05, 3.63) is 18.2 Å². The van der Waals surface area contributed by atoms with E-state index in [0.29, 0.717) is 54.5 Å². The first kappa shape index (κ1) is 20.8. The third kappa shape index (κ3) is 5.55. The quantitative estimate of drug-likeness (QED) is 0.688. The molecule has 28 heavy (non-hydrogen) atoms. The van der Waals surface area contributed by atoms with E-state index in [1.165, 1.54) is 29.5 Å². The van der Waals surface area contributed by atoms with Gasteiger partial charge in [0, 0.05) is 38.7 Å². The molecule has 1 aromatic carbocycles. The molecule has 3 rings (SSSR count). The zero-order chi connectivity index (χ0) is 20.1. The average molecular weight is 417 g/mol. The molecule has 0 N–H and O–H groups in total. The zero-order valence-electron chi connectivity index (χ0n) is 15.5. The number of halogens is 3. The standard InChI is InChI=1S/C18H22F3N3O3S/c1-2-3-16(25)24(7-6-23-8-10-26-11-9-23)17-22-14-5-4-13(12-15(14)28-17)27-18(19,20)21/h4-5,12H,2-3,6-11H2,1H3. The summed E-state index contributed by atoms with van der Waals surface area (Å²) in [5.74, 6) is -0.337. The van der Waals surface area contributed by atoms with Crippen LogP contribution >= 0.6 is 11.3 Å². The van der Waals surface area contributed by atoms with Crippen molar-refractivity contribution in [2.45, 2.75) is 26.1 Å². The molecule has 1 saturated heterocycles. The smallest absolute Gasteiger partial charge is 0.406 e. The van der Waals surface area contributed by atoms with Crippen LogP contribution in [0.15, 0.2) is 18.2 Å². The predicted octanol–water partition coefficient (Wildman–Crippen LogP) is 3.66. The maximum atomic E-state index is 12.6. The molecular formula is C18H22F3N3O3S. The highest BCUT2D eigenvalue weighted by Crippen LogP contribution is 2.33. The largest absolute Gasteiger partial charge is 0.573 e. The summed E-state index contributed by atoms with van der Waals surface area (Å²) >= 11 is 1.19. The normalized spacial score (nSPS) is 15.7. The number of carbonyl (C=O) groups is 1. The molecule has 10 heteroatoms. The first-order valence-electron chi connectivity index (χ1n) is 9.12.